The van der Waals surface area contributed by atoms with Crippen LogP contribution in [0, 0.1) is 0 Å². The highest BCUT2D eigenvalue weighted by atomic mass is 32.2. The summed E-state index contributed by atoms with van der Waals surface area (Å²) >= 11 is 0. The molecule has 9 nitrogen and oxygen atoms in total. The molecule has 3 heterocycles. The van der Waals surface area contributed by atoms with Gasteiger partial charge in [0.15, 0.2) is 0 Å². The Labute approximate surface area is 182 Å². The Kier molecular flexibility index (Phi) is 5.71. The first kappa shape index (κ1) is 22.3. The van der Waals surface area contributed by atoms with Gasteiger partial charge in [-0.15, -0.1) is 0 Å². The molecule has 2 aliphatic heterocycles. The molecule has 0 bridgehead atoms. The van der Waals surface area contributed by atoms with Gasteiger partial charge in [0.2, 0.25) is 21.9 Å². The van der Waals surface area contributed by atoms with Crippen molar-refractivity contribution in [2.24, 2.45) is 0 Å². The maximum atomic E-state index is 13.5. The molecule has 13 heteroatoms. The fourth-order valence-electron chi connectivity index (χ4n) is 3.72. The van der Waals surface area contributed by atoms with Crippen LogP contribution in [-0.4, -0.2) is 54.0 Å². The van der Waals surface area contributed by atoms with E-state index in [2.05, 4.69) is 25.9 Å². The number of rotatable bonds is 5. The average molecular weight is 470 g/mol. The molecule has 2 aromatic rings. The maximum Gasteiger partial charge on any atom is 0.421 e. The van der Waals surface area contributed by atoms with Gasteiger partial charge in [0.05, 0.1) is 12.7 Å². The number of nitrogens with one attached hydrogen (secondary N) is 3. The normalized spacial score (nSPS) is 17.7. The molecule has 1 aromatic heterocycles. The van der Waals surface area contributed by atoms with E-state index in [1.165, 1.54) is 4.31 Å². The number of piperidine rings is 1. The number of hydrogen-bond acceptors (Lipinski definition) is 7. The molecule has 32 heavy (non-hydrogen) atoms. The van der Waals surface area contributed by atoms with E-state index in [0.717, 1.165) is 11.8 Å². The summed E-state index contributed by atoms with van der Waals surface area (Å²) < 4.78 is 65.1. The van der Waals surface area contributed by atoms with E-state index >= 15 is 0 Å². The third-order valence-electron chi connectivity index (χ3n) is 5.34. The fraction of sp³-hybridized carbons (Fsp3) is 0.421. The lowest BCUT2D eigenvalue weighted by Crippen LogP contribution is -2.42. The van der Waals surface area contributed by atoms with E-state index in [4.69, 9.17) is 0 Å². The molecule has 0 unspecified atom stereocenters. The molecule has 4 rings (SSSR count). The van der Waals surface area contributed by atoms with Gasteiger partial charge in [0.25, 0.3) is 0 Å². The third-order valence-corrected chi connectivity index (χ3v) is 6.65. The largest absolute Gasteiger partial charge is 0.421 e. The van der Waals surface area contributed by atoms with Crippen LogP contribution >= 0.6 is 0 Å². The van der Waals surface area contributed by atoms with Gasteiger partial charge in [-0.2, -0.15) is 18.2 Å². The first-order chi connectivity index (χ1) is 15.0. The number of carbonyl (C=O) groups excluding carboxylic acids is 1. The highest BCUT2D eigenvalue weighted by molar-refractivity contribution is 7.88. The first-order valence-electron chi connectivity index (χ1n) is 9.85. The van der Waals surface area contributed by atoms with Crippen molar-refractivity contribution in [2.45, 2.75) is 31.5 Å². The minimum Gasteiger partial charge on any atom is -0.367 e. The summed E-state index contributed by atoms with van der Waals surface area (Å²) in [6.45, 7) is 0.436. The molecule has 1 aromatic carbocycles. The Hall–Kier alpha value is -2.93. The van der Waals surface area contributed by atoms with Crippen LogP contribution in [0.2, 0.25) is 0 Å². The second-order valence-corrected chi connectivity index (χ2v) is 9.74. The molecule has 0 aliphatic carbocycles. The number of benzene rings is 1. The number of anilines is 4. The first-order valence-corrected chi connectivity index (χ1v) is 11.7. The predicted octanol–water partition coefficient (Wildman–Crippen LogP) is 2.57. The van der Waals surface area contributed by atoms with Gasteiger partial charge in [-0.05, 0) is 36.6 Å². The minimum absolute atomic E-state index is 0.0358. The van der Waals surface area contributed by atoms with E-state index in [9.17, 15) is 26.4 Å². The fourth-order valence-corrected chi connectivity index (χ4v) is 4.59. The van der Waals surface area contributed by atoms with Crippen molar-refractivity contribution in [2.75, 3.05) is 35.3 Å². The van der Waals surface area contributed by atoms with Crippen molar-refractivity contribution in [1.82, 2.24) is 14.3 Å². The number of fused-ring (bicyclic) bond motifs is 1. The van der Waals surface area contributed by atoms with Crippen molar-refractivity contribution >= 4 is 39.1 Å². The SMILES string of the molecule is CS(=O)(=O)N1CCC(Nc2nc(Nc3ccc4c(c3)CC(=O)N4)ncc2C(F)(F)F)CC1. The summed E-state index contributed by atoms with van der Waals surface area (Å²) in [4.78, 5) is 19.3. The number of hydrogen-bond donors (Lipinski definition) is 3. The number of nitrogens with zero attached hydrogens (tertiary/aromatic N) is 3. The van der Waals surface area contributed by atoms with Gasteiger partial charge < -0.3 is 16.0 Å². The van der Waals surface area contributed by atoms with Crippen molar-refractivity contribution in [3.8, 4) is 0 Å². The van der Waals surface area contributed by atoms with Gasteiger partial charge in [-0.1, -0.05) is 0 Å². The molecule has 0 atom stereocenters. The van der Waals surface area contributed by atoms with Crippen molar-refractivity contribution in [1.29, 1.82) is 0 Å². The number of alkyl halides is 3. The lowest BCUT2D eigenvalue weighted by atomic mass is 10.1. The Morgan fingerprint density at radius 3 is 2.59 bits per heavy atom. The van der Waals surface area contributed by atoms with Gasteiger partial charge in [-0.25, -0.2) is 17.7 Å². The van der Waals surface area contributed by atoms with Crippen molar-refractivity contribution in [3.05, 3.63) is 35.5 Å². The van der Waals surface area contributed by atoms with Gasteiger partial charge in [-0.3, -0.25) is 4.79 Å². The van der Waals surface area contributed by atoms with E-state index in [1.54, 1.807) is 18.2 Å². The van der Waals surface area contributed by atoms with Crippen LogP contribution in [0.15, 0.2) is 24.4 Å². The molecule has 2 aliphatic rings. The van der Waals surface area contributed by atoms with Crippen molar-refractivity contribution in [3.63, 3.8) is 0 Å². The summed E-state index contributed by atoms with van der Waals surface area (Å²) in [5.74, 6) is -0.534. The zero-order chi connectivity index (χ0) is 23.1. The zero-order valence-electron chi connectivity index (χ0n) is 17.0. The second kappa shape index (κ2) is 8.20. The van der Waals surface area contributed by atoms with Crippen molar-refractivity contribution < 1.29 is 26.4 Å². The topological polar surface area (TPSA) is 116 Å². The molecule has 0 spiro atoms. The maximum absolute atomic E-state index is 13.5. The summed E-state index contributed by atoms with van der Waals surface area (Å²) in [7, 11) is -3.34. The number of carbonyl (C=O) groups is 1. The number of sulfonamides is 1. The minimum atomic E-state index is -4.66. The summed E-state index contributed by atoms with van der Waals surface area (Å²) in [6.07, 6.45) is -1.92. The van der Waals surface area contributed by atoms with Crippen LogP contribution in [0.1, 0.15) is 24.0 Å². The molecule has 3 N–H and O–H groups in total. The van der Waals surface area contributed by atoms with Crippen LogP contribution in [-0.2, 0) is 27.4 Å². The molecule has 172 valence electrons. The zero-order valence-corrected chi connectivity index (χ0v) is 17.8. The lowest BCUT2D eigenvalue weighted by Gasteiger charge is -2.31. The molecular weight excluding hydrogens is 449 g/mol. The number of halogens is 3. The monoisotopic (exact) mass is 470 g/mol. The summed E-state index contributed by atoms with van der Waals surface area (Å²) in [6, 6.07) is 4.71. The van der Waals surface area contributed by atoms with Crippen LogP contribution in [0.25, 0.3) is 0 Å². The number of aromatic nitrogens is 2. The lowest BCUT2D eigenvalue weighted by molar-refractivity contribution is -0.137. The highest BCUT2D eigenvalue weighted by Crippen LogP contribution is 2.35. The standard InChI is InChI=1S/C19H21F3N6O3S/c1-32(30,31)28-6-4-12(5-7-28)24-17-14(19(20,21)22)10-23-18(27-17)25-13-2-3-15-11(8-13)9-16(29)26-15/h2-3,8,10,12H,4-7,9H2,1H3,(H,26,29)(H2,23,24,25,27). The Balaban J connectivity index is 1.53. The van der Waals surface area contributed by atoms with Gasteiger partial charge in [0.1, 0.15) is 11.4 Å². The summed E-state index contributed by atoms with van der Waals surface area (Å²) in [5, 5.41) is 8.40. The Bertz CT molecular complexity index is 1150. The highest BCUT2D eigenvalue weighted by Gasteiger charge is 2.36. The third kappa shape index (κ3) is 4.93. The summed E-state index contributed by atoms with van der Waals surface area (Å²) in [5.41, 5.74) is 0.990. The van der Waals surface area contributed by atoms with E-state index < -0.39 is 21.8 Å². The van der Waals surface area contributed by atoms with Crippen LogP contribution in [0.4, 0.5) is 36.3 Å². The van der Waals surface area contributed by atoms with E-state index in [-0.39, 0.29) is 43.2 Å². The Morgan fingerprint density at radius 2 is 1.94 bits per heavy atom. The molecular formula is C19H21F3N6O3S. The van der Waals surface area contributed by atoms with Crippen LogP contribution in [0.3, 0.4) is 0 Å². The molecule has 1 amide bonds. The predicted molar refractivity (Wildman–Crippen MR) is 112 cm³/mol. The molecule has 1 fully saturated rings. The second-order valence-electron chi connectivity index (χ2n) is 7.76. The quantitative estimate of drug-likeness (QED) is 0.615. The molecule has 1 saturated heterocycles. The van der Waals surface area contributed by atoms with Crippen LogP contribution < -0.4 is 16.0 Å². The molecule has 0 radical (unpaired) electrons. The number of amides is 1. The molecule has 0 saturated carbocycles. The van der Waals surface area contributed by atoms with Gasteiger partial charge in [0, 0.05) is 36.7 Å². The Morgan fingerprint density at radius 1 is 1.22 bits per heavy atom. The van der Waals surface area contributed by atoms with E-state index in [1.807, 2.05) is 0 Å². The van der Waals surface area contributed by atoms with E-state index in [0.29, 0.717) is 30.4 Å². The average Bonchev–Trinajstić information content (AvgIpc) is 3.06. The van der Waals surface area contributed by atoms with Gasteiger partial charge >= 0.3 is 6.18 Å². The van der Waals surface area contributed by atoms with Crippen LogP contribution in [0.5, 0.6) is 0 Å². The smallest absolute Gasteiger partial charge is 0.367 e.